The molecule has 0 bridgehead atoms. The minimum absolute atomic E-state index is 0.00432. The molecule has 8 rings (SSSR count). The first-order valence-corrected chi connectivity index (χ1v) is 26.8. The van der Waals surface area contributed by atoms with Crippen LogP contribution in [0, 0.1) is 19.7 Å². The molecule has 7 N–H and O–H groups in total. The molecule has 4 aromatic carbocycles. The first kappa shape index (κ1) is 50.9. The van der Waals surface area contributed by atoms with Crippen LogP contribution in [0.1, 0.15) is 57.2 Å². The third kappa shape index (κ3) is 10.9. The van der Waals surface area contributed by atoms with Crippen LogP contribution in [0.5, 0.6) is 11.5 Å². The lowest BCUT2D eigenvalue weighted by Crippen LogP contribution is -2.41. The van der Waals surface area contributed by atoms with Crippen LogP contribution in [0.4, 0.5) is 27.1 Å². The average molecular weight is 1020 g/mol. The number of carbonyl (C=O) groups is 3. The molecule has 0 unspecified atom stereocenters. The highest BCUT2D eigenvalue weighted by atomic mass is 32.2. The number of nitrogens with two attached hydrogens (primary N) is 2. The largest absolute Gasteiger partial charge is 0.494 e. The monoisotopic (exact) mass is 1020 g/mol. The number of benzene rings is 4. The fourth-order valence-electron chi connectivity index (χ4n) is 8.39. The summed E-state index contributed by atoms with van der Waals surface area (Å²) < 4.78 is 102. The quantitative estimate of drug-likeness (QED) is 0.0964. The van der Waals surface area contributed by atoms with E-state index in [1.807, 2.05) is 18.2 Å². The lowest BCUT2D eigenvalue weighted by molar-refractivity contribution is -0.129. The van der Waals surface area contributed by atoms with E-state index in [1.54, 1.807) is 24.8 Å². The van der Waals surface area contributed by atoms with Crippen molar-refractivity contribution in [2.75, 3.05) is 56.0 Å². The van der Waals surface area contributed by atoms with Crippen molar-refractivity contribution < 1.29 is 53.5 Å². The van der Waals surface area contributed by atoms with Gasteiger partial charge in [-0.3, -0.25) is 24.4 Å². The normalized spacial score (nSPS) is 14.1. The second-order valence-electron chi connectivity index (χ2n) is 16.8. The number of ether oxygens (including phenoxy) is 2. The Morgan fingerprint density at radius 3 is 1.99 bits per heavy atom. The van der Waals surface area contributed by atoms with Gasteiger partial charge in [0.05, 0.1) is 74.3 Å². The summed E-state index contributed by atoms with van der Waals surface area (Å²) in [5, 5.41) is 6.48. The van der Waals surface area contributed by atoms with Crippen LogP contribution in [0.25, 0.3) is 21.8 Å². The molecule has 3 amide bonds. The number of methoxy groups -OCH3 is 1. The number of rotatable bonds is 14. The van der Waals surface area contributed by atoms with Gasteiger partial charge in [0, 0.05) is 79.1 Å². The highest BCUT2D eigenvalue weighted by molar-refractivity contribution is 7.92. The van der Waals surface area contributed by atoms with Crippen molar-refractivity contribution in [1.82, 2.24) is 19.6 Å². The Balaban J connectivity index is 0.000000207. The molecular formula is C47H51FN8O11S3. The van der Waals surface area contributed by atoms with E-state index in [9.17, 15) is 44.0 Å². The van der Waals surface area contributed by atoms with Gasteiger partial charge in [-0.25, -0.2) is 34.4 Å². The molecule has 1 saturated heterocycles. The number of fused-ring (bicyclic) bond motifs is 3. The molecule has 6 aromatic rings. The van der Waals surface area contributed by atoms with Crippen LogP contribution in [-0.4, -0.2) is 108 Å². The smallest absolute Gasteiger partial charge is 0.252 e. The number of primary amides is 2. The summed E-state index contributed by atoms with van der Waals surface area (Å²) in [6, 6.07) is 15.6. The van der Waals surface area contributed by atoms with Gasteiger partial charge in [-0.15, -0.1) is 0 Å². The van der Waals surface area contributed by atoms with Gasteiger partial charge in [0.1, 0.15) is 5.75 Å². The summed E-state index contributed by atoms with van der Waals surface area (Å²) in [4.78, 5) is 46.5. The van der Waals surface area contributed by atoms with Gasteiger partial charge >= 0.3 is 0 Å². The summed E-state index contributed by atoms with van der Waals surface area (Å²) in [6.07, 6.45) is 4.99. The maximum atomic E-state index is 13.9. The Kier molecular flexibility index (Phi) is 14.7. The van der Waals surface area contributed by atoms with Crippen LogP contribution < -0.4 is 36.3 Å². The Labute approximate surface area is 404 Å². The van der Waals surface area contributed by atoms with Crippen molar-refractivity contribution in [3.8, 4) is 11.5 Å². The molecule has 0 radical (unpaired) electrons. The zero-order valence-corrected chi connectivity index (χ0v) is 41.2. The lowest BCUT2D eigenvalue weighted by atomic mass is 10.0. The van der Waals surface area contributed by atoms with E-state index in [-0.39, 0.29) is 44.8 Å². The number of hydrogen-bond donors (Lipinski definition) is 5. The summed E-state index contributed by atoms with van der Waals surface area (Å²) in [5.74, 6) is -1.81. The third-order valence-corrected chi connectivity index (χ3v) is 16.6. The number of nitrogens with one attached hydrogen (secondary N) is 3. The summed E-state index contributed by atoms with van der Waals surface area (Å²) >= 11 is 0. The molecule has 70 heavy (non-hydrogen) atoms. The number of carbonyl (C=O) groups excluding carboxylic acids is 3. The van der Waals surface area contributed by atoms with Gasteiger partial charge in [0.15, 0.2) is 31.2 Å². The number of piperidine rings is 1. The predicted molar refractivity (Wildman–Crippen MR) is 263 cm³/mol. The molecule has 1 fully saturated rings. The topological polar surface area (TPSA) is 289 Å². The number of sulfonamides is 1. The highest BCUT2D eigenvalue weighted by Gasteiger charge is 2.33. The molecule has 0 saturated carbocycles. The SMILES string of the molecule is COc1cc(Nc2c(C(N)=O)cnc3c(C)cc(S(=O)(=O)C4CCN(C(C)=O)CC4)cc23)ccc1F.Cc1cc(S(=O)(=O)CCNS(C)(=O)=O)cc2c(Nc3cccc4c3CCO4)c(C(N)=O)cnc12. The summed E-state index contributed by atoms with van der Waals surface area (Å²) in [6.45, 7) is 5.94. The molecule has 0 atom stereocenters. The number of amides is 3. The standard InChI is InChI=1S/C25H27FN4O5S.C22H24N4O6S2/c1-14-10-18(36(33,34)17-6-8-30(9-7-17)15(2)31)12-19-23(14)28-13-20(25(27)32)24(19)29-16-4-5-21(26)22(11-16)35-3;1-13-10-14(34(30,31)9-7-25-33(2,28)29)11-16-20(13)24-12-17(22(23)27)21(16)26-18-4-3-5-19-15(18)6-8-32-19/h4-5,10-13,17H,6-9H2,1-3H3,(H2,27,32)(H,28,29);3-5,10-12,25H,6-9H2,1-2H3,(H2,23,27)(H,24,26). The number of hydrogen-bond acceptors (Lipinski definition) is 15. The Morgan fingerprint density at radius 2 is 1.41 bits per heavy atom. The number of nitrogens with zero attached hydrogens (tertiary/aromatic N) is 3. The van der Waals surface area contributed by atoms with Crippen LogP contribution in [0.2, 0.25) is 0 Å². The molecule has 19 nitrogen and oxygen atoms in total. The molecule has 0 aliphatic carbocycles. The van der Waals surface area contributed by atoms with Crippen molar-refractivity contribution in [3.63, 3.8) is 0 Å². The van der Waals surface area contributed by atoms with Crippen LogP contribution in [-0.2, 0) is 40.9 Å². The van der Waals surface area contributed by atoms with E-state index in [4.69, 9.17) is 20.9 Å². The Morgan fingerprint density at radius 1 is 0.829 bits per heavy atom. The maximum Gasteiger partial charge on any atom is 0.252 e. The zero-order valence-electron chi connectivity index (χ0n) is 38.8. The van der Waals surface area contributed by atoms with Gasteiger partial charge < -0.3 is 36.5 Å². The number of aromatic nitrogens is 2. The van der Waals surface area contributed by atoms with E-state index in [0.29, 0.717) is 89.0 Å². The van der Waals surface area contributed by atoms with E-state index in [1.165, 1.54) is 62.8 Å². The first-order chi connectivity index (χ1) is 33.0. The molecule has 23 heteroatoms. The van der Waals surface area contributed by atoms with Gasteiger partial charge in [0.2, 0.25) is 15.9 Å². The molecule has 0 spiro atoms. The molecule has 2 aromatic heterocycles. The number of aryl methyl sites for hydroxylation is 2. The number of anilines is 4. The van der Waals surface area contributed by atoms with Crippen molar-refractivity contribution >= 4 is 92.0 Å². The lowest BCUT2D eigenvalue weighted by Gasteiger charge is -2.31. The zero-order chi connectivity index (χ0) is 50.9. The number of pyridine rings is 2. The number of sulfone groups is 2. The summed E-state index contributed by atoms with van der Waals surface area (Å²) in [5.41, 5.74) is 16.2. The molecular weight excluding hydrogens is 968 g/mol. The van der Waals surface area contributed by atoms with Crippen LogP contribution in [0.15, 0.2) is 82.8 Å². The Bertz CT molecular complexity index is 3440. The second kappa shape index (κ2) is 20.2. The maximum absolute atomic E-state index is 13.9. The summed E-state index contributed by atoms with van der Waals surface area (Å²) in [7, 11) is -9.79. The van der Waals surface area contributed by atoms with Crippen molar-refractivity contribution in [1.29, 1.82) is 0 Å². The van der Waals surface area contributed by atoms with E-state index >= 15 is 0 Å². The molecule has 2 aliphatic rings. The molecule has 2 aliphatic heterocycles. The van der Waals surface area contributed by atoms with Crippen molar-refractivity contribution in [2.24, 2.45) is 11.5 Å². The number of likely N-dealkylation sites (tertiary alicyclic amines) is 1. The fourth-order valence-corrected chi connectivity index (χ4v) is 12.1. The minimum atomic E-state index is -3.85. The third-order valence-electron chi connectivity index (χ3n) is 12.0. The van der Waals surface area contributed by atoms with Gasteiger partial charge in [-0.1, -0.05) is 6.07 Å². The second-order valence-corrected chi connectivity index (χ2v) is 23.0. The van der Waals surface area contributed by atoms with Gasteiger partial charge in [0.25, 0.3) is 11.8 Å². The first-order valence-electron chi connectivity index (χ1n) is 21.7. The average Bonchev–Trinajstić information content (AvgIpc) is 3.79. The van der Waals surface area contributed by atoms with Crippen LogP contribution >= 0.6 is 0 Å². The van der Waals surface area contributed by atoms with E-state index in [2.05, 4.69) is 25.3 Å². The highest BCUT2D eigenvalue weighted by Crippen LogP contribution is 2.39. The van der Waals surface area contributed by atoms with Crippen LogP contribution in [0.3, 0.4) is 0 Å². The minimum Gasteiger partial charge on any atom is -0.494 e. The van der Waals surface area contributed by atoms with Gasteiger partial charge in [-0.2, -0.15) is 0 Å². The van der Waals surface area contributed by atoms with Crippen molar-refractivity contribution in [3.05, 3.63) is 107 Å². The predicted octanol–water partition coefficient (Wildman–Crippen LogP) is 4.96. The molecule has 4 heterocycles. The van der Waals surface area contributed by atoms with Crippen molar-refractivity contribution in [2.45, 2.75) is 55.1 Å². The Hall–Kier alpha value is -6.95. The fraction of sp³-hybridized carbons (Fsp3) is 0.298. The number of halogens is 1. The van der Waals surface area contributed by atoms with E-state index in [0.717, 1.165) is 17.6 Å². The molecule has 370 valence electrons. The van der Waals surface area contributed by atoms with Gasteiger partial charge in [-0.05, 0) is 86.3 Å². The van der Waals surface area contributed by atoms with E-state index < -0.39 is 58.3 Å².